The average molecular weight is 349 g/mol. The maximum absolute atomic E-state index is 12.1. The van der Waals surface area contributed by atoms with E-state index in [0.717, 1.165) is 10.4 Å². The first-order valence-electron chi connectivity index (χ1n) is 7.40. The summed E-state index contributed by atoms with van der Waals surface area (Å²) in [5, 5.41) is 4.56. The van der Waals surface area contributed by atoms with Crippen molar-refractivity contribution in [1.29, 1.82) is 0 Å². The van der Waals surface area contributed by atoms with Gasteiger partial charge in [-0.1, -0.05) is 0 Å². The monoisotopic (exact) mass is 349 g/mol. The first-order chi connectivity index (χ1) is 11.0. The first-order valence-corrected chi connectivity index (χ1v) is 8.21. The zero-order valence-corrected chi connectivity index (χ0v) is 14.7. The fourth-order valence-corrected chi connectivity index (χ4v) is 4.48. The summed E-state index contributed by atoms with van der Waals surface area (Å²) in [6.07, 6.45) is 1.90. The number of primary amides is 2. The Morgan fingerprint density at radius 2 is 1.92 bits per heavy atom. The van der Waals surface area contributed by atoms with Crippen molar-refractivity contribution < 1.29 is 14.3 Å². The molecular formula is C15H19N5O3S. The molecule has 128 valence electrons. The number of aromatic nitrogens is 3. The zero-order valence-electron chi connectivity index (χ0n) is 13.9. The van der Waals surface area contributed by atoms with Crippen LogP contribution in [0.3, 0.4) is 0 Å². The molecule has 3 heterocycles. The Bertz CT molecular complexity index is 849. The molecule has 0 saturated heterocycles. The molecule has 24 heavy (non-hydrogen) atoms. The molecule has 0 aromatic carbocycles. The molecule has 0 aliphatic carbocycles. The highest BCUT2D eigenvalue weighted by Crippen LogP contribution is 2.47. The van der Waals surface area contributed by atoms with Crippen molar-refractivity contribution in [2.75, 3.05) is 0 Å². The molecule has 2 aromatic heterocycles. The Morgan fingerprint density at radius 1 is 1.25 bits per heavy atom. The summed E-state index contributed by atoms with van der Waals surface area (Å²) in [6, 6.07) is 0. The molecule has 0 saturated carbocycles. The number of nitrogens with two attached hydrogens (primary N) is 2. The van der Waals surface area contributed by atoms with Gasteiger partial charge in [0, 0.05) is 11.3 Å². The lowest BCUT2D eigenvalue weighted by Gasteiger charge is -2.41. The van der Waals surface area contributed by atoms with Gasteiger partial charge < -0.3 is 16.2 Å². The van der Waals surface area contributed by atoms with Gasteiger partial charge in [0.15, 0.2) is 0 Å². The Labute approximate surface area is 142 Å². The largest absolute Gasteiger partial charge is 0.365 e. The number of nitrogens with zero attached hydrogens (tertiary/aromatic N) is 3. The van der Waals surface area contributed by atoms with Gasteiger partial charge in [-0.2, -0.15) is 0 Å². The van der Waals surface area contributed by atoms with E-state index >= 15 is 0 Å². The SMILES string of the molecule is CC1(C)Cc2c(sc(-n3cnc(C(N)=O)n3)c2C(N)=O)C(C)(C)O1. The van der Waals surface area contributed by atoms with Crippen LogP contribution < -0.4 is 11.5 Å². The summed E-state index contributed by atoms with van der Waals surface area (Å²) in [5.41, 5.74) is 11.1. The van der Waals surface area contributed by atoms with Crippen LogP contribution in [0.2, 0.25) is 0 Å². The van der Waals surface area contributed by atoms with Crippen molar-refractivity contribution in [2.45, 2.75) is 45.3 Å². The van der Waals surface area contributed by atoms with Gasteiger partial charge in [0.2, 0.25) is 5.82 Å². The molecule has 8 nitrogen and oxygen atoms in total. The van der Waals surface area contributed by atoms with E-state index in [1.165, 1.54) is 22.3 Å². The summed E-state index contributed by atoms with van der Waals surface area (Å²) in [7, 11) is 0. The van der Waals surface area contributed by atoms with E-state index in [9.17, 15) is 9.59 Å². The maximum atomic E-state index is 12.1. The van der Waals surface area contributed by atoms with Crippen LogP contribution in [0, 0.1) is 0 Å². The van der Waals surface area contributed by atoms with E-state index < -0.39 is 23.0 Å². The van der Waals surface area contributed by atoms with E-state index in [-0.39, 0.29) is 5.82 Å². The third-order valence-corrected chi connectivity index (χ3v) is 5.36. The minimum absolute atomic E-state index is 0.118. The standard InChI is InChI=1S/C15H19N5O3S/c1-14(2)5-7-8(10(16)21)13(24-9(7)15(3,4)23-14)20-6-18-12(19-20)11(17)22/h6H,5H2,1-4H3,(H2,16,21)(H2,17,22). The van der Waals surface area contributed by atoms with E-state index in [0.29, 0.717) is 17.0 Å². The highest BCUT2D eigenvalue weighted by atomic mass is 32.1. The van der Waals surface area contributed by atoms with Gasteiger partial charge in [-0.3, -0.25) is 9.59 Å². The second kappa shape index (κ2) is 5.12. The first kappa shape index (κ1) is 16.6. The van der Waals surface area contributed by atoms with Crippen LogP contribution in [0.5, 0.6) is 0 Å². The summed E-state index contributed by atoms with van der Waals surface area (Å²) in [6.45, 7) is 7.85. The fourth-order valence-electron chi connectivity index (χ4n) is 3.19. The van der Waals surface area contributed by atoms with Crippen molar-refractivity contribution in [2.24, 2.45) is 11.5 Å². The predicted octanol–water partition coefficient (Wildman–Crippen LogP) is 1.11. The van der Waals surface area contributed by atoms with E-state index in [2.05, 4.69) is 10.1 Å². The van der Waals surface area contributed by atoms with Gasteiger partial charge in [0.1, 0.15) is 11.3 Å². The lowest BCUT2D eigenvalue weighted by atomic mass is 9.86. The van der Waals surface area contributed by atoms with Gasteiger partial charge in [0.05, 0.1) is 16.8 Å². The van der Waals surface area contributed by atoms with Crippen LogP contribution in [-0.4, -0.2) is 32.2 Å². The van der Waals surface area contributed by atoms with Gasteiger partial charge in [0.25, 0.3) is 11.8 Å². The maximum Gasteiger partial charge on any atom is 0.288 e. The molecule has 9 heteroatoms. The van der Waals surface area contributed by atoms with Gasteiger partial charge in [-0.15, -0.1) is 16.4 Å². The number of fused-ring (bicyclic) bond motifs is 1. The lowest BCUT2D eigenvalue weighted by Crippen LogP contribution is -2.42. The molecular weight excluding hydrogens is 330 g/mol. The molecule has 1 aliphatic heterocycles. The Kier molecular flexibility index (Phi) is 3.54. The summed E-state index contributed by atoms with van der Waals surface area (Å²) < 4.78 is 7.52. The minimum atomic E-state index is -0.736. The van der Waals surface area contributed by atoms with Crippen LogP contribution in [0.15, 0.2) is 6.33 Å². The summed E-state index contributed by atoms with van der Waals surface area (Å²) in [5.74, 6) is -1.40. The van der Waals surface area contributed by atoms with E-state index in [1.54, 1.807) is 0 Å². The number of carbonyl (C=O) groups excluding carboxylic acids is 2. The predicted molar refractivity (Wildman–Crippen MR) is 88.2 cm³/mol. The summed E-state index contributed by atoms with van der Waals surface area (Å²) >= 11 is 1.36. The van der Waals surface area contributed by atoms with Gasteiger partial charge in [-0.05, 0) is 33.3 Å². The molecule has 2 aromatic rings. The number of hydrogen-bond acceptors (Lipinski definition) is 6. The smallest absolute Gasteiger partial charge is 0.288 e. The second-order valence-corrected chi connectivity index (χ2v) is 7.88. The average Bonchev–Trinajstić information content (AvgIpc) is 2.99. The third kappa shape index (κ3) is 2.59. The van der Waals surface area contributed by atoms with Crippen LogP contribution in [0.25, 0.3) is 5.00 Å². The number of rotatable bonds is 3. The second-order valence-electron chi connectivity index (χ2n) is 6.88. The molecule has 2 amide bonds. The number of hydrogen-bond donors (Lipinski definition) is 2. The third-order valence-electron chi connectivity index (χ3n) is 3.84. The van der Waals surface area contributed by atoms with Crippen molar-refractivity contribution in [3.05, 3.63) is 28.2 Å². The molecule has 4 N–H and O–H groups in total. The van der Waals surface area contributed by atoms with Crippen LogP contribution in [0.4, 0.5) is 0 Å². The van der Waals surface area contributed by atoms with Gasteiger partial charge >= 0.3 is 0 Å². The summed E-state index contributed by atoms with van der Waals surface area (Å²) in [4.78, 5) is 28.1. The number of amides is 2. The molecule has 0 unspecified atom stereocenters. The molecule has 0 atom stereocenters. The van der Waals surface area contributed by atoms with E-state index in [1.807, 2.05) is 27.7 Å². The Balaban J connectivity index is 2.24. The molecule has 3 rings (SSSR count). The number of carbonyl (C=O) groups is 2. The van der Waals surface area contributed by atoms with Crippen LogP contribution in [-0.2, 0) is 16.8 Å². The highest BCUT2D eigenvalue weighted by molar-refractivity contribution is 7.15. The van der Waals surface area contributed by atoms with Gasteiger partial charge in [-0.25, -0.2) is 9.67 Å². The van der Waals surface area contributed by atoms with Crippen molar-refractivity contribution in [3.63, 3.8) is 0 Å². The topological polar surface area (TPSA) is 126 Å². The number of thiophene rings is 1. The Morgan fingerprint density at radius 3 is 2.46 bits per heavy atom. The molecule has 1 aliphatic rings. The molecule has 0 spiro atoms. The fraction of sp³-hybridized carbons (Fsp3) is 0.467. The lowest BCUT2D eigenvalue weighted by molar-refractivity contribution is -0.135. The number of ether oxygens (including phenoxy) is 1. The van der Waals surface area contributed by atoms with Crippen LogP contribution >= 0.6 is 11.3 Å². The Hall–Kier alpha value is -2.26. The van der Waals surface area contributed by atoms with Crippen molar-refractivity contribution >= 4 is 23.2 Å². The minimum Gasteiger partial charge on any atom is -0.365 e. The van der Waals surface area contributed by atoms with E-state index in [4.69, 9.17) is 16.2 Å². The van der Waals surface area contributed by atoms with Crippen molar-refractivity contribution in [3.8, 4) is 5.00 Å². The molecule has 0 radical (unpaired) electrons. The zero-order chi connectivity index (χ0) is 17.9. The highest BCUT2D eigenvalue weighted by Gasteiger charge is 2.43. The normalized spacial score (nSPS) is 18.2. The molecule has 0 fully saturated rings. The quantitative estimate of drug-likeness (QED) is 0.858. The van der Waals surface area contributed by atoms with Crippen LogP contribution in [0.1, 0.15) is 59.1 Å². The molecule has 0 bridgehead atoms. The van der Waals surface area contributed by atoms with Crippen molar-refractivity contribution in [1.82, 2.24) is 14.8 Å².